The second-order valence-corrected chi connectivity index (χ2v) is 4.15. The van der Waals surface area contributed by atoms with Crippen molar-refractivity contribution in [3.05, 3.63) is 30.3 Å². The molecule has 0 unspecified atom stereocenters. The van der Waals surface area contributed by atoms with Gasteiger partial charge >= 0.3 is 5.97 Å². The van der Waals surface area contributed by atoms with Gasteiger partial charge in [-0.2, -0.15) is 0 Å². The summed E-state index contributed by atoms with van der Waals surface area (Å²) in [5, 5.41) is 0. The Morgan fingerprint density at radius 2 is 1.50 bits per heavy atom. The smallest absolute Gasteiger partial charge is 0.321 e. The van der Waals surface area contributed by atoms with Crippen molar-refractivity contribution >= 4 is 23.5 Å². The van der Waals surface area contributed by atoms with E-state index in [2.05, 4.69) is 67.3 Å². The van der Waals surface area contributed by atoms with Gasteiger partial charge in [-0.05, 0) is 32.9 Å². The molecule has 1 aromatic rings. The van der Waals surface area contributed by atoms with Crippen LogP contribution in [0.1, 0.15) is 27.7 Å². The number of benzene rings is 1. The number of halogens is 1. The third-order valence-corrected chi connectivity index (χ3v) is 3.45. The highest BCUT2D eigenvalue weighted by Crippen LogP contribution is 2.21. The molecule has 1 rings (SSSR count). The normalized spacial score (nSPS) is 10.3. The molecular weight excluding hydrogens is 250 g/mol. The first-order chi connectivity index (χ1) is 8.56. The Hall–Kier alpha value is -1.06. The fraction of sp³-hybridized carbons (Fsp3) is 0.500. The quantitative estimate of drug-likeness (QED) is 0.780. The number of hydrogen-bond donors (Lipinski definition) is 0. The number of para-hydroxylation sites is 1. The van der Waals surface area contributed by atoms with Crippen molar-refractivity contribution in [2.45, 2.75) is 27.7 Å². The third-order valence-electron chi connectivity index (χ3n) is 3.23. The monoisotopic (exact) mass is 272 g/mol. The maximum absolute atomic E-state index is 9.46. The van der Waals surface area contributed by atoms with Crippen LogP contribution >= 0.6 is 11.9 Å². The van der Waals surface area contributed by atoms with Gasteiger partial charge in [0, 0.05) is 6.92 Å². The molecule has 0 bridgehead atoms. The van der Waals surface area contributed by atoms with Crippen molar-refractivity contribution in [3.8, 4) is 0 Å². The lowest BCUT2D eigenvalue weighted by atomic mass is 10.2. The van der Waals surface area contributed by atoms with E-state index in [0.29, 0.717) is 0 Å². The minimum absolute atomic E-state index is 0.480. The van der Waals surface area contributed by atoms with Crippen LogP contribution in [0.3, 0.4) is 0 Å². The van der Waals surface area contributed by atoms with Gasteiger partial charge in [-0.3, -0.25) is 9.28 Å². The molecule has 0 heterocycles. The predicted molar refractivity (Wildman–Crippen MR) is 77.5 cm³/mol. The van der Waals surface area contributed by atoms with Crippen molar-refractivity contribution < 1.29 is 9.08 Å². The van der Waals surface area contributed by atoms with Crippen LogP contribution < -0.4 is 4.48 Å². The van der Waals surface area contributed by atoms with Gasteiger partial charge in [-0.1, -0.05) is 18.2 Å². The number of nitrogens with zero attached hydrogens (tertiary/aromatic N) is 1. The zero-order valence-electron chi connectivity index (χ0n) is 11.6. The molecule has 0 aliphatic rings. The summed E-state index contributed by atoms with van der Waals surface area (Å²) < 4.78 is 4.68. The number of carbonyl (C=O) groups is 1. The van der Waals surface area contributed by atoms with Gasteiger partial charge in [-0.25, -0.2) is 0 Å². The van der Waals surface area contributed by atoms with E-state index in [-0.39, 0.29) is 0 Å². The minimum Gasteiger partial charge on any atom is -0.348 e. The molecule has 102 valence electrons. The second-order valence-electron chi connectivity index (χ2n) is 4.00. The highest BCUT2D eigenvalue weighted by atomic mass is 35.5. The van der Waals surface area contributed by atoms with Crippen LogP contribution in [0.2, 0.25) is 0 Å². The van der Waals surface area contributed by atoms with E-state index in [1.165, 1.54) is 32.2 Å². The summed E-state index contributed by atoms with van der Waals surface area (Å²) in [7, 11) is 0. The SMILES string of the molecule is CC(=O)OCl.CC[N+](CC)(CC)c1ccccc1. The van der Waals surface area contributed by atoms with Crippen molar-refractivity contribution in [1.29, 1.82) is 0 Å². The largest absolute Gasteiger partial charge is 0.348 e. The van der Waals surface area contributed by atoms with E-state index >= 15 is 0 Å². The molecule has 18 heavy (non-hydrogen) atoms. The molecule has 0 saturated heterocycles. The van der Waals surface area contributed by atoms with E-state index in [1.807, 2.05) is 0 Å². The van der Waals surface area contributed by atoms with E-state index < -0.39 is 5.97 Å². The first-order valence-electron chi connectivity index (χ1n) is 6.27. The van der Waals surface area contributed by atoms with Crippen LogP contribution in [0.4, 0.5) is 5.69 Å². The van der Waals surface area contributed by atoms with E-state index in [0.717, 1.165) is 4.48 Å². The number of hydrogen-bond acceptors (Lipinski definition) is 2. The Kier molecular flexibility index (Phi) is 8.42. The van der Waals surface area contributed by atoms with Crippen LogP contribution in [-0.2, 0) is 9.08 Å². The van der Waals surface area contributed by atoms with Gasteiger partial charge < -0.3 is 4.29 Å². The average Bonchev–Trinajstić information content (AvgIpc) is 2.43. The van der Waals surface area contributed by atoms with Gasteiger partial charge in [0.05, 0.1) is 19.6 Å². The van der Waals surface area contributed by atoms with E-state index in [9.17, 15) is 4.79 Å². The molecule has 4 heteroatoms. The van der Waals surface area contributed by atoms with Crippen molar-refractivity contribution in [2.24, 2.45) is 0 Å². The lowest BCUT2D eigenvalue weighted by Crippen LogP contribution is -2.48. The van der Waals surface area contributed by atoms with Gasteiger partial charge in [0.1, 0.15) is 17.6 Å². The predicted octanol–water partition coefficient (Wildman–Crippen LogP) is 3.76. The highest BCUT2D eigenvalue weighted by molar-refractivity contribution is 6.12. The number of rotatable bonds is 4. The Bertz CT molecular complexity index is 329. The zero-order valence-corrected chi connectivity index (χ0v) is 12.4. The van der Waals surface area contributed by atoms with Gasteiger partial charge in [-0.15, -0.1) is 0 Å². The van der Waals surface area contributed by atoms with Gasteiger partial charge in [0.25, 0.3) is 0 Å². The van der Waals surface area contributed by atoms with Crippen LogP contribution in [0, 0.1) is 0 Å². The van der Waals surface area contributed by atoms with E-state index in [1.54, 1.807) is 0 Å². The molecule has 0 aliphatic carbocycles. The molecule has 3 nitrogen and oxygen atoms in total. The summed E-state index contributed by atoms with van der Waals surface area (Å²) >= 11 is 4.49. The standard InChI is InChI=1S/C12H20N.C2H3ClO2/c1-4-13(5-2,6-3)12-10-8-7-9-11-12;1-2(4)5-3/h7-11H,4-6H2,1-3H3;1H3/q+1;. The maximum Gasteiger partial charge on any atom is 0.321 e. The topological polar surface area (TPSA) is 26.3 Å². The van der Waals surface area contributed by atoms with Crippen molar-refractivity contribution in [2.75, 3.05) is 19.6 Å². The fourth-order valence-corrected chi connectivity index (χ4v) is 1.96. The molecule has 0 aromatic heterocycles. The lowest BCUT2D eigenvalue weighted by molar-refractivity contribution is -0.131. The summed E-state index contributed by atoms with van der Waals surface area (Å²) in [6.45, 7) is 11.6. The van der Waals surface area contributed by atoms with E-state index in [4.69, 9.17) is 0 Å². The van der Waals surface area contributed by atoms with Crippen molar-refractivity contribution in [3.63, 3.8) is 0 Å². The Morgan fingerprint density at radius 3 is 1.78 bits per heavy atom. The first kappa shape index (κ1) is 16.9. The van der Waals surface area contributed by atoms with Gasteiger partial charge in [0.2, 0.25) is 0 Å². The number of quaternary nitrogens is 1. The Balaban J connectivity index is 0.000000494. The highest BCUT2D eigenvalue weighted by Gasteiger charge is 2.23. The van der Waals surface area contributed by atoms with Gasteiger partial charge in [0.15, 0.2) is 0 Å². The zero-order chi connectivity index (χ0) is 14.0. The Morgan fingerprint density at radius 1 is 1.11 bits per heavy atom. The summed E-state index contributed by atoms with van der Waals surface area (Å²) in [4.78, 5) is 9.46. The molecule has 0 atom stereocenters. The van der Waals surface area contributed by atoms with Crippen LogP contribution in [-0.4, -0.2) is 25.6 Å². The molecule has 0 radical (unpaired) electrons. The van der Waals surface area contributed by atoms with Crippen LogP contribution in [0.15, 0.2) is 30.3 Å². The second kappa shape index (κ2) is 8.95. The molecule has 1 aromatic carbocycles. The third kappa shape index (κ3) is 5.07. The molecule has 0 amide bonds. The lowest BCUT2D eigenvalue weighted by Gasteiger charge is -2.35. The molecular formula is C14H23ClNO2+. The van der Waals surface area contributed by atoms with Crippen LogP contribution in [0.25, 0.3) is 0 Å². The minimum atomic E-state index is -0.480. The van der Waals surface area contributed by atoms with Crippen LogP contribution in [0.5, 0.6) is 0 Å². The summed E-state index contributed by atoms with van der Waals surface area (Å²) in [5.74, 6) is -0.480. The Labute approximate surface area is 115 Å². The molecule has 0 saturated carbocycles. The molecule has 0 fully saturated rings. The summed E-state index contributed by atoms with van der Waals surface area (Å²) in [6, 6.07) is 10.8. The fourth-order valence-electron chi connectivity index (χ4n) is 1.96. The summed E-state index contributed by atoms with van der Waals surface area (Å²) in [5.41, 5.74) is 1.44. The first-order valence-corrected chi connectivity index (χ1v) is 6.58. The molecule has 0 N–H and O–H groups in total. The maximum atomic E-state index is 9.46. The molecule has 0 aliphatic heterocycles. The average molecular weight is 273 g/mol. The molecule has 0 spiro atoms. The van der Waals surface area contributed by atoms with Crippen molar-refractivity contribution in [1.82, 2.24) is 4.48 Å². The number of carbonyl (C=O) groups excluding carboxylic acids is 1. The summed E-state index contributed by atoms with van der Waals surface area (Å²) in [6.07, 6.45) is 0.